The van der Waals surface area contributed by atoms with Gasteiger partial charge in [0, 0.05) is 18.2 Å². The van der Waals surface area contributed by atoms with Crippen LogP contribution in [0.25, 0.3) is 10.8 Å². The number of nitrogens with one attached hydrogen (secondary N) is 2. The summed E-state index contributed by atoms with van der Waals surface area (Å²) in [5.74, 6) is 0. The van der Waals surface area contributed by atoms with Gasteiger partial charge >= 0.3 is 6.03 Å². The molecular weight excluding hydrogens is 328 g/mol. The van der Waals surface area contributed by atoms with Crippen molar-refractivity contribution in [3.8, 4) is 0 Å². The molecule has 0 aliphatic carbocycles. The zero-order valence-electron chi connectivity index (χ0n) is 14.5. The molecule has 2 N–H and O–H groups in total. The number of anilines is 2. The van der Waals surface area contributed by atoms with E-state index in [0.717, 1.165) is 35.9 Å². The van der Waals surface area contributed by atoms with Crippen molar-refractivity contribution in [1.29, 1.82) is 0 Å². The normalized spacial score (nSPS) is 17.2. The zero-order valence-corrected chi connectivity index (χ0v) is 14.5. The molecule has 1 fully saturated rings. The summed E-state index contributed by atoms with van der Waals surface area (Å²) >= 11 is 0. The standard InChI is InChI=1S/C20H22N4O2/c25-20(23-19-10-5-7-15-6-1-2-9-18(15)19)22-16-12-21-24(13-16)14-17-8-3-4-11-26-17/h1-2,5-7,9-10,12-13,17H,3-4,8,11,14H2,(H2,22,23,25). The fourth-order valence-corrected chi connectivity index (χ4v) is 3.31. The number of hydrogen-bond acceptors (Lipinski definition) is 3. The molecule has 6 heteroatoms. The van der Waals surface area contributed by atoms with Crippen LogP contribution in [0.4, 0.5) is 16.2 Å². The molecule has 1 atom stereocenters. The quantitative estimate of drug-likeness (QED) is 0.739. The molecule has 0 radical (unpaired) electrons. The summed E-state index contributed by atoms with van der Waals surface area (Å²) in [7, 11) is 0. The fourth-order valence-electron chi connectivity index (χ4n) is 3.31. The summed E-state index contributed by atoms with van der Waals surface area (Å²) in [5, 5.41) is 12.2. The first-order valence-corrected chi connectivity index (χ1v) is 8.98. The van der Waals surface area contributed by atoms with Crippen molar-refractivity contribution in [3.05, 3.63) is 54.9 Å². The van der Waals surface area contributed by atoms with E-state index < -0.39 is 0 Å². The molecule has 6 nitrogen and oxygen atoms in total. The van der Waals surface area contributed by atoms with Gasteiger partial charge in [0.05, 0.1) is 30.2 Å². The van der Waals surface area contributed by atoms with E-state index in [-0.39, 0.29) is 12.1 Å². The Balaban J connectivity index is 1.39. The highest BCUT2D eigenvalue weighted by atomic mass is 16.5. The molecule has 0 spiro atoms. The van der Waals surface area contributed by atoms with Crippen LogP contribution in [-0.4, -0.2) is 28.5 Å². The first-order valence-electron chi connectivity index (χ1n) is 8.98. The third-order valence-corrected chi connectivity index (χ3v) is 4.59. The van der Waals surface area contributed by atoms with Crippen LogP contribution in [0.1, 0.15) is 19.3 Å². The van der Waals surface area contributed by atoms with Crippen LogP contribution < -0.4 is 10.6 Å². The van der Waals surface area contributed by atoms with E-state index in [9.17, 15) is 4.79 Å². The lowest BCUT2D eigenvalue weighted by atomic mass is 10.1. The molecule has 1 aromatic heterocycles. The number of rotatable bonds is 4. The van der Waals surface area contributed by atoms with Gasteiger partial charge in [-0.15, -0.1) is 0 Å². The number of carbonyl (C=O) groups excluding carboxylic acids is 1. The second-order valence-corrected chi connectivity index (χ2v) is 6.55. The van der Waals surface area contributed by atoms with Crippen molar-refractivity contribution in [2.24, 2.45) is 0 Å². The first kappa shape index (κ1) is 16.6. The highest BCUT2D eigenvalue weighted by Crippen LogP contribution is 2.23. The Kier molecular flexibility index (Phi) is 4.84. The average Bonchev–Trinajstić information content (AvgIpc) is 3.09. The van der Waals surface area contributed by atoms with Crippen LogP contribution in [0.3, 0.4) is 0 Å². The number of ether oxygens (including phenoxy) is 1. The van der Waals surface area contributed by atoms with Gasteiger partial charge in [0.2, 0.25) is 0 Å². The molecule has 2 amide bonds. The predicted molar refractivity (Wildman–Crippen MR) is 102 cm³/mol. The number of carbonyl (C=O) groups is 1. The van der Waals surface area contributed by atoms with Crippen LogP contribution in [0.15, 0.2) is 54.9 Å². The lowest BCUT2D eigenvalue weighted by Gasteiger charge is -2.22. The number of aromatic nitrogens is 2. The van der Waals surface area contributed by atoms with Gasteiger partial charge in [0.25, 0.3) is 0 Å². The van der Waals surface area contributed by atoms with Crippen LogP contribution in [0, 0.1) is 0 Å². The van der Waals surface area contributed by atoms with Crippen molar-refractivity contribution in [1.82, 2.24) is 9.78 Å². The lowest BCUT2D eigenvalue weighted by Crippen LogP contribution is -2.24. The maximum Gasteiger partial charge on any atom is 0.323 e. The molecule has 1 saturated heterocycles. The number of hydrogen-bond donors (Lipinski definition) is 2. The van der Waals surface area contributed by atoms with Gasteiger partial charge in [-0.2, -0.15) is 5.10 Å². The van der Waals surface area contributed by atoms with Gasteiger partial charge in [0.1, 0.15) is 0 Å². The summed E-state index contributed by atoms with van der Waals surface area (Å²) in [5.41, 5.74) is 1.45. The van der Waals surface area contributed by atoms with E-state index in [1.807, 2.05) is 53.3 Å². The highest BCUT2D eigenvalue weighted by molar-refractivity contribution is 6.06. The monoisotopic (exact) mass is 350 g/mol. The topological polar surface area (TPSA) is 68.2 Å². The van der Waals surface area contributed by atoms with E-state index in [1.165, 1.54) is 6.42 Å². The van der Waals surface area contributed by atoms with Gasteiger partial charge in [-0.1, -0.05) is 36.4 Å². The van der Waals surface area contributed by atoms with Gasteiger partial charge < -0.3 is 15.4 Å². The van der Waals surface area contributed by atoms with Crippen molar-refractivity contribution in [2.75, 3.05) is 17.2 Å². The second kappa shape index (κ2) is 7.58. The Morgan fingerprint density at radius 3 is 2.92 bits per heavy atom. The van der Waals surface area contributed by atoms with Gasteiger partial charge in [-0.3, -0.25) is 4.68 Å². The van der Waals surface area contributed by atoms with E-state index >= 15 is 0 Å². The summed E-state index contributed by atoms with van der Waals surface area (Å²) in [6.45, 7) is 1.54. The first-order chi connectivity index (χ1) is 12.8. The Morgan fingerprint density at radius 2 is 2.04 bits per heavy atom. The molecular formula is C20H22N4O2. The molecule has 1 unspecified atom stereocenters. The minimum Gasteiger partial charge on any atom is -0.376 e. The Bertz CT molecular complexity index is 894. The van der Waals surface area contributed by atoms with Crippen molar-refractivity contribution in [2.45, 2.75) is 31.9 Å². The maximum atomic E-state index is 12.3. The van der Waals surface area contributed by atoms with Crippen molar-refractivity contribution in [3.63, 3.8) is 0 Å². The molecule has 2 heterocycles. The number of benzene rings is 2. The molecule has 0 bridgehead atoms. The largest absolute Gasteiger partial charge is 0.376 e. The number of nitrogens with zero attached hydrogens (tertiary/aromatic N) is 2. The maximum absolute atomic E-state index is 12.3. The second-order valence-electron chi connectivity index (χ2n) is 6.55. The van der Waals surface area contributed by atoms with Crippen LogP contribution in [0.5, 0.6) is 0 Å². The summed E-state index contributed by atoms with van der Waals surface area (Å²) < 4.78 is 7.55. The van der Waals surface area contributed by atoms with Gasteiger partial charge in [-0.05, 0) is 30.7 Å². The smallest absolute Gasteiger partial charge is 0.323 e. The minimum absolute atomic E-state index is 0.209. The van der Waals surface area contributed by atoms with Gasteiger partial charge in [-0.25, -0.2) is 4.79 Å². The number of fused-ring (bicyclic) bond motifs is 1. The Labute approximate surface area is 152 Å². The summed E-state index contributed by atoms with van der Waals surface area (Å²) in [4.78, 5) is 12.3. The molecule has 26 heavy (non-hydrogen) atoms. The third-order valence-electron chi connectivity index (χ3n) is 4.59. The van der Waals surface area contributed by atoms with E-state index in [2.05, 4.69) is 15.7 Å². The van der Waals surface area contributed by atoms with Crippen molar-refractivity contribution < 1.29 is 9.53 Å². The molecule has 134 valence electrons. The number of amides is 2. The summed E-state index contributed by atoms with van der Waals surface area (Å²) in [6.07, 6.45) is 7.10. The van der Waals surface area contributed by atoms with E-state index in [4.69, 9.17) is 4.74 Å². The number of urea groups is 1. The Hall–Kier alpha value is -2.86. The molecule has 4 rings (SSSR count). The van der Waals surface area contributed by atoms with E-state index in [1.54, 1.807) is 6.20 Å². The third kappa shape index (κ3) is 3.86. The highest BCUT2D eigenvalue weighted by Gasteiger charge is 2.15. The summed E-state index contributed by atoms with van der Waals surface area (Å²) in [6, 6.07) is 13.5. The van der Waals surface area contributed by atoms with Crippen molar-refractivity contribution >= 4 is 28.2 Å². The van der Waals surface area contributed by atoms with E-state index in [0.29, 0.717) is 12.2 Å². The molecule has 0 saturated carbocycles. The molecule has 3 aromatic rings. The van der Waals surface area contributed by atoms with Crippen LogP contribution in [0.2, 0.25) is 0 Å². The average molecular weight is 350 g/mol. The van der Waals surface area contributed by atoms with Gasteiger partial charge in [0.15, 0.2) is 0 Å². The zero-order chi connectivity index (χ0) is 17.8. The SMILES string of the molecule is O=C(Nc1cnn(CC2CCCCO2)c1)Nc1cccc2ccccc12. The molecule has 1 aliphatic rings. The Morgan fingerprint density at radius 1 is 1.15 bits per heavy atom. The minimum atomic E-state index is -0.283. The predicted octanol–water partition coefficient (Wildman–Crippen LogP) is 4.25. The molecule has 2 aromatic carbocycles. The lowest BCUT2D eigenvalue weighted by molar-refractivity contribution is 0.00401. The van der Waals surface area contributed by atoms with Crippen LogP contribution >= 0.6 is 0 Å². The van der Waals surface area contributed by atoms with Crippen LogP contribution in [-0.2, 0) is 11.3 Å². The molecule has 1 aliphatic heterocycles. The fraction of sp³-hybridized carbons (Fsp3) is 0.300.